The lowest BCUT2D eigenvalue weighted by atomic mass is 9.81. The van der Waals surface area contributed by atoms with Crippen LogP contribution in [0.1, 0.15) is 36.0 Å². The van der Waals surface area contributed by atoms with Crippen molar-refractivity contribution in [1.82, 2.24) is 39.7 Å². The summed E-state index contributed by atoms with van der Waals surface area (Å²) in [5, 5.41) is 27.5. The minimum Gasteiger partial charge on any atom is -0.388 e. The first kappa shape index (κ1) is 22.6. The quantitative estimate of drug-likeness (QED) is 0.327. The van der Waals surface area contributed by atoms with Crippen molar-refractivity contribution in [2.75, 3.05) is 0 Å². The smallest absolute Gasteiger partial charge is 0.251 e. The molecule has 38 heavy (non-hydrogen) atoms. The Hall–Kier alpha value is -4.57. The number of aliphatic hydroxyl groups is 1. The molecule has 0 bridgehead atoms. The molecule has 0 radical (unpaired) electrons. The fraction of sp³-hybridized carbons (Fsp3) is 0.250. The van der Waals surface area contributed by atoms with Crippen LogP contribution in [0.15, 0.2) is 73.4 Å². The Morgan fingerprint density at radius 1 is 1.18 bits per heavy atom. The van der Waals surface area contributed by atoms with Gasteiger partial charge < -0.3 is 14.8 Å². The molecule has 0 unspecified atom stereocenters. The number of H-pyrrole nitrogens is 1. The van der Waals surface area contributed by atoms with Crippen LogP contribution in [0.3, 0.4) is 0 Å². The summed E-state index contributed by atoms with van der Waals surface area (Å²) >= 11 is 0. The van der Waals surface area contributed by atoms with Crippen molar-refractivity contribution in [2.45, 2.75) is 43.9 Å². The highest BCUT2D eigenvalue weighted by Gasteiger charge is 2.36. The number of nitrogens with one attached hydrogen (secondary N) is 2. The fourth-order valence-corrected chi connectivity index (χ4v) is 5.63. The second-order valence-corrected chi connectivity index (χ2v) is 10.1. The van der Waals surface area contributed by atoms with Gasteiger partial charge in [0.15, 0.2) is 0 Å². The van der Waals surface area contributed by atoms with E-state index in [9.17, 15) is 9.90 Å². The highest BCUT2D eigenvalue weighted by molar-refractivity contribution is 6.01. The molecule has 10 heteroatoms. The van der Waals surface area contributed by atoms with Gasteiger partial charge in [-0.1, -0.05) is 0 Å². The van der Waals surface area contributed by atoms with E-state index in [1.807, 2.05) is 57.9 Å². The summed E-state index contributed by atoms with van der Waals surface area (Å²) in [6, 6.07) is 13.2. The molecule has 5 aromatic heterocycles. The molecule has 1 aliphatic carbocycles. The summed E-state index contributed by atoms with van der Waals surface area (Å²) in [6.45, 7) is 0.361. The molecule has 0 aliphatic heterocycles. The molecule has 5 heterocycles. The Morgan fingerprint density at radius 3 is 3.08 bits per heavy atom. The fourth-order valence-electron chi connectivity index (χ4n) is 5.63. The molecule has 1 aromatic carbocycles. The summed E-state index contributed by atoms with van der Waals surface area (Å²) in [5.41, 5.74) is 4.71. The normalized spacial score (nSPS) is 19.9. The van der Waals surface area contributed by atoms with Crippen LogP contribution in [0.25, 0.3) is 38.8 Å². The van der Waals surface area contributed by atoms with Gasteiger partial charge in [-0.25, -0.2) is 4.98 Å². The average molecular weight is 507 g/mol. The van der Waals surface area contributed by atoms with E-state index in [1.165, 1.54) is 0 Å². The number of pyridine rings is 2. The van der Waals surface area contributed by atoms with Crippen molar-refractivity contribution in [2.24, 2.45) is 0 Å². The molecule has 0 spiro atoms. The first-order valence-corrected chi connectivity index (χ1v) is 12.8. The van der Waals surface area contributed by atoms with E-state index in [0.29, 0.717) is 24.9 Å². The summed E-state index contributed by atoms with van der Waals surface area (Å²) in [7, 11) is 0. The lowest BCUT2D eigenvalue weighted by molar-refractivity contribution is -0.0227. The standard InChI is InChI=1S/C28H26N8O2/c37-27(32-20-3-1-9-28(38,14-20)17-36-24-4-2-10-29-23(24)15-31-36)18-5-7-22-21(13-18)26(34-33-22)19-6-8-25-30-11-12-35(25)16-19/h2,4-8,10-13,15-16,20,38H,1,3,9,14,17H2,(H,32,37)(H,33,34)/t20-,28-/m1/s1. The van der Waals surface area contributed by atoms with Crippen LogP contribution in [0.5, 0.6) is 0 Å². The van der Waals surface area contributed by atoms with Crippen molar-refractivity contribution < 1.29 is 9.90 Å². The maximum absolute atomic E-state index is 13.3. The largest absolute Gasteiger partial charge is 0.388 e. The molecular formula is C28H26N8O2. The Kier molecular flexibility index (Phi) is 5.22. The second-order valence-electron chi connectivity index (χ2n) is 10.1. The lowest BCUT2D eigenvalue weighted by Crippen LogP contribution is -2.47. The number of hydrogen-bond acceptors (Lipinski definition) is 6. The van der Waals surface area contributed by atoms with E-state index in [0.717, 1.165) is 51.7 Å². The topological polar surface area (TPSA) is 126 Å². The number of fused-ring (bicyclic) bond motifs is 3. The van der Waals surface area contributed by atoms with Crippen molar-refractivity contribution in [3.8, 4) is 11.3 Å². The molecule has 6 aromatic rings. The third-order valence-corrected chi connectivity index (χ3v) is 7.50. The molecule has 1 aliphatic rings. The second kappa shape index (κ2) is 8.77. The van der Waals surface area contributed by atoms with Gasteiger partial charge in [0.05, 0.1) is 29.4 Å². The maximum Gasteiger partial charge on any atom is 0.251 e. The summed E-state index contributed by atoms with van der Waals surface area (Å²) < 4.78 is 3.75. The molecule has 1 amide bonds. The lowest BCUT2D eigenvalue weighted by Gasteiger charge is -2.37. The third kappa shape index (κ3) is 3.99. The predicted octanol–water partition coefficient (Wildman–Crippen LogP) is 3.73. The van der Waals surface area contributed by atoms with Gasteiger partial charge in [-0.15, -0.1) is 0 Å². The van der Waals surface area contributed by atoms with Crippen LogP contribution in [0.4, 0.5) is 0 Å². The number of imidazole rings is 1. The van der Waals surface area contributed by atoms with E-state index in [2.05, 4.69) is 30.6 Å². The number of aromatic amines is 1. The SMILES string of the molecule is O=C(N[C@@H]1CCC[C@](O)(Cn2ncc3ncccc32)C1)c1ccc2[nH]nc(-c3ccc4nccn4c3)c2c1. The first-order chi connectivity index (χ1) is 18.5. The minimum absolute atomic E-state index is 0.135. The number of carbonyl (C=O) groups excluding carboxylic acids is 1. The zero-order valence-electron chi connectivity index (χ0n) is 20.6. The number of rotatable bonds is 5. The van der Waals surface area contributed by atoms with Crippen molar-refractivity contribution >= 4 is 33.5 Å². The average Bonchev–Trinajstić information content (AvgIpc) is 3.66. The molecule has 10 nitrogen and oxygen atoms in total. The molecule has 0 saturated heterocycles. The molecule has 1 saturated carbocycles. The Labute approximate surface area is 217 Å². The molecule has 1 fully saturated rings. The number of amides is 1. The number of nitrogens with zero attached hydrogens (tertiary/aromatic N) is 6. The highest BCUT2D eigenvalue weighted by Crippen LogP contribution is 2.32. The van der Waals surface area contributed by atoms with Crippen molar-refractivity contribution in [3.63, 3.8) is 0 Å². The van der Waals surface area contributed by atoms with Gasteiger partial charge in [-0.2, -0.15) is 10.2 Å². The number of hydrogen-bond donors (Lipinski definition) is 3. The monoisotopic (exact) mass is 506 g/mol. The van der Waals surface area contributed by atoms with Crippen LogP contribution in [-0.4, -0.2) is 57.0 Å². The van der Waals surface area contributed by atoms with E-state index < -0.39 is 5.60 Å². The predicted molar refractivity (Wildman–Crippen MR) is 142 cm³/mol. The zero-order valence-corrected chi connectivity index (χ0v) is 20.6. The van der Waals surface area contributed by atoms with Gasteiger partial charge in [-0.3, -0.25) is 19.6 Å². The minimum atomic E-state index is -0.960. The molecular weight excluding hydrogens is 480 g/mol. The maximum atomic E-state index is 13.3. The number of benzene rings is 1. The molecule has 3 N–H and O–H groups in total. The zero-order chi connectivity index (χ0) is 25.7. The Balaban J connectivity index is 1.10. The van der Waals surface area contributed by atoms with Crippen LogP contribution in [0, 0.1) is 0 Å². The highest BCUT2D eigenvalue weighted by atomic mass is 16.3. The van der Waals surface area contributed by atoms with E-state index >= 15 is 0 Å². The summed E-state index contributed by atoms with van der Waals surface area (Å²) in [5.74, 6) is -0.160. The van der Waals surface area contributed by atoms with Crippen LogP contribution in [0.2, 0.25) is 0 Å². The van der Waals surface area contributed by atoms with Crippen LogP contribution >= 0.6 is 0 Å². The van der Waals surface area contributed by atoms with Crippen LogP contribution in [-0.2, 0) is 6.54 Å². The van der Waals surface area contributed by atoms with Crippen molar-refractivity contribution in [1.29, 1.82) is 0 Å². The van der Waals surface area contributed by atoms with Gasteiger partial charge in [0, 0.05) is 47.3 Å². The Morgan fingerprint density at radius 2 is 2.13 bits per heavy atom. The number of aromatic nitrogens is 7. The van der Waals surface area contributed by atoms with Gasteiger partial charge in [0.2, 0.25) is 0 Å². The third-order valence-electron chi connectivity index (χ3n) is 7.50. The van der Waals surface area contributed by atoms with Gasteiger partial charge >= 0.3 is 0 Å². The van der Waals surface area contributed by atoms with Crippen LogP contribution < -0.4 is 5.32 Å². The summed E-state index contributed by atoms with van der Waals surface area (Å²) in [6.07, 6.45) is 11.8. The van der Waals surface area contributed by atoms with Gasteiger partial charge in [0.1, 0.15) is 16.9 Å². The molecule has 190 valence electrons. The summed E-state index contributed by atoms with van der Waals surface area (Å²) in [4.78, 5) is 21.9. The molecule has 7 rings (SSSR count). The van der Waals surface area contributed by atoms with Gasteiger partial charge in [-0.05, 0) is 68.1 Å². The van der Waals surface area contributed by atoms with E-state index in [4.69, 9.17) is 0 Å². The molecule has 2 atom stereocenters. The van der Waals surface area contributed by atoms with E-state index in [1.54, 1.807) is 24.7 Å². The Bertz CT molecular complexity index is 1800. The van der Waals surface area contributed by atoms with E-state index in [-0.39, 0.29) is 11.9 Å². The van der Waals surface area contributed by atoms with Gasteiger partial charge in [0.25, 0.3) is 5.91 Å². The number of carbonyl (C=O) groups is 1. The first-order valence-electron chi connectivity index (χ1n) is 12.8. The van der Waals surface area contributed by atoms with Crippen molar-refractivity contribution in [3.05, 3.63) is 79.0 Å².